The van der Waals surface area contributed by atoms with Crippen LogP contribution in [0.3, 0.4) is 0 Å². The number of aromatic nitrogens is 2. The van der Waals surface area contributed by atoms with Crippen LogP contribution in [0.5, 0.6) is 0 Å². The second kappa shape index (κ2) is 4.86. The van der Waals surface area contributed by atoms with Crippen molar-refractivity contribution in [3.05, 3.63) is 30.1 Å². The minimum atomic E-state index is 0.0925. The van der Waals surface area contributed by atoms with Crippen molar-refractivity contribution in [2.75, 3.05) is 5.75 Å². The largest absolute Gasteiger partial charge is 0.345 e. The Morgan fingerprint density at radius 2 is 2.50 bits per heavy atom. The third-order valence-corrected chi connectivity index (χ3v) is 2.72. The summed E-state index contributed by atoms with van der Waals surface area (Å²) in [5, 5.41) is 1.11. The molecule has 0 aliphatic rings. The van der Waals surface area contributed by atoms with E-state index in [0.29, 0.717) is 5.75 Å². The van der Waals surface area contributed by atoms with Crippen molar-refractivity contribution in [1.82, 2.24) is 9.97 Å². The number of rotatable bonds is 1. The van der Waals surface area contributed by atoms with Gasteiger partial charge in [0.1, 0.15) is 5.65 Å². The van der Waals surface area contributed by atoms with Gasteiger partial charge in [0.15, 0.2) is 5.12 Å². The maximum Gasteiger partial charge on any atom is 0.186 e. The molecule has 80 valence electrons. The molecular formula is C12H10N2OS. The van der Waals surface area contributed by atoms with Crippen molar-refractivity contribution in [1.29, 1.82) is 0 Å². The van der Waals surface area contributed by atoms with Crippen molar-refractivity contribution in [2.45, 2.75) is 6.92 Å². The van der Waals surface area contributed by atoms with Crippen LogP contribution in [0.4, 0.5) is 0 Å². The van der Waals surface area contributed by atoms with E-state index in [2.05, 4.69) is 21.8 Å². The predicted octanol–water partition coefficient (Wildman–Crippen LogP) is 2.19. The third kappa shape index (κ3) is 2.44. The average Bonchev–Trinajstić information content (AvgIpc) is 2.68. The Morgan fingerprint density at radius 1 is 1.62 bits per heavy atom. The highest BCUT2D eigenvalue weighted by Gasteiger charge is 1.99. The van der Waals surface area contributed by atoms with Crippen LogP contribution in [-0.4, -0.2) is 20.8 Å². The van der Waals surface area contributed by atoms with Gasteiger partial charge in [0.25, 0.3) is 0 Å². The van der Waals surface area contributed by atoms with Crippen LogP contribution in [0.1, 0.15) is 12.5 Å². The van der Waals surface area contributed by atoms with Gasteiger partial charge < -0.3 is 4.98 Å². The summed E-state index contributed by atoms with van der Waals surface area (Å²) in [7, 11) is 0. The Kier molecular flexibility index (Phi) is 3.28. The quantitative estimate of drug-likeness (QED) is 0.764. The molecule has 0 saturated heterocycles. The monoisotopic (exact) mass is 230 g/mol. The lowest BCUT2D eigenvalue weighted by Gasteiger charge is -1.87. The zero-order chi connectivity index (χ0) is 11.4. The van der Waals surface area contributed by atoms with Crippen molar-refractivity contribution in [3.8, 4) is 11.8 Å². The number of nitrogens with zero attached hydrogens (tertiary/aromatic N) is 1. The molecule has 0 unspecified atom stereocenters. The number of thioether (sulfide) groups is 1. The molecule has 0 aliphatic heterocycles. The molecule has 2 aromatic heterocycles. The van der Waals surface area contributed by atoms with Gasteiger partial charge >= 0.3 is 0 Å². The van der Waals surface area contributed by atoms with E-state index in [4.69, 9.17) is 0 Å². The summed E-state index contributed by atoms with van der Waals surface area (Å²) in [5.74, 6) is 6.51. The molecule has 2 heterocycles. The van der Waals surface area contributed by atoms with Crippen molar-refractivity contribution < 1.29 is 4.79 Å². The fourth-order valence-electron chi connectivity index (χ4n) is 1.33. The van der Waals surface area contributed by atoms with Gasteiger partial charge in [-0.3, -0.25) is 4.79 Å². The Morgan fingerprint density at radius 3 is 3.31 bits per heavy atom. The first kappa shape index (κ1) is 10.8. The summed E-state index contributed by atoms with van der Waals surface area (Å²) in [6.45, 7) is 1.54. The van der Waals surface area contributed by atoms with Gasteiger partial charge in [0.2, 0.25) is 0 Å². The van der Waals surface area contributed by atoms with Gasteiger partial charge in [-0.1, -0.05) is 23.6 Å². The fourth-order valence-corrected chi connectivity index (χ4v) is 1.68. The first-order valence-electron chi connectivity index (χ1n) is 4.81. The summed E-state index contributed by atoms with van der Waals surface area (Å²) >= 11 is 1.22. The summed E-state index contributed by atoms with van der Waals surface area (Å²) in [6, 6.07) is 3.85. The van der Waals surface area contributed by atoms with Crippen LogP contribution in [0, 0.1) is 11.8 Å². The van der Waals surface area contributed by atoms with Crippen molar-refractivity contribution in [2.24, 2.45) is 0 Å². The second-order valence-corrected chi connectivity index (χ2v) is 4.34. The number of hydrogen-bond donors (Lipinski definition) is 1. The van der Waals surface area contributed by atoms with E-state index in [1.807, 2.05) is 18.3 Å². The summed E-state index contributed by atoms with van der Waals surface area (Å²) < 4.78 is 0. The van der Waals surface area contributed by atoms with Crippen molar-refractivity contribution in [3.63, 3.8) is 0 Å². The molecule has 0 bridgehead atoms. The molecule has 16 heavy (non-hydrogen) atoms. The molecule has 1 N–H and O–H groups in total. The SMILES string of the molecule is CC(=O)SCC#Cc1c[nH]c2ncccc12. The topological polar surface area (TPSA) is 45.8 Å². The molecule has 0 amide bonds. The van der Waals surface area contributed by atoms with E-state index in [1.54, 1.807) is 13.1 Å². The van der Waals surface area contributed by atoms with E-state index in [-0.39, 0.29) is 5.12 Å². The van der Waals surface area contributed by atoms with Gasteiger partial charge in [-0.25, -0.2) is 4.98 Å². The summed E-state index contributed by atoms with van der Waals surface area (Å²) in [5.41, 5.74) is 1.76. The molecule has 0 spiro atoms. The van der Waals surface area contributed by atoms with Gasteiger partial charge in [-0.15, -0.1) is 0 Å². The maximum atomic E-state index is 10.7. The van der Waals surface area contributed by atoms with Crippen LogP contribution in [0.2, 0.25) is 0 Å². The van der Waals surface area contributed by atoms with Crippen LogP contribution in [0.15, 0.2) is 24.5 Å². The van der Waals surface area contributed by atoms with Crippen LogP contribution in [-0.2, 0) is 4.79 Å². The number of carbonyl (C=O) groups is 1. The zero-order valence-electron chi connectivity index (χ0n) is 8.78. The average molecular weight is 230 g/mol. The summed E-state index contributed by atoms with van der Waals surface area (Å²) in [6.07, 6.45) is 3.57. The van der Waals surface area contributed by atoms with E-state index < -0.39 is 0 Å². The molecule has 0 atom stereocenters. The van der Waals surface area contributed by atoms with E-state index in [9.17, 15) is 4.79 Å². The molecule has 4 heteroatoms. The minimum absolute atomic E-state index is 0.0925. The first-order chi connectivity index (χ1) is 7.77. The number of H-pyrrole nitrogens is 1. The molecule has 2 aromatic rings. The number of pyridine rings is 1. The number of carbonyl (C=O) groups excluding carboxylic acids is 1. The minimum Gasteiger partial charge on any atom is -0.345 e. The van der Waals surface area contributed by atoms with Gasteiger partial charge in [-0.2, -0.15) is 0 Å². The Labute approximate surface area is 97.7 Å². The highest BCUT2D eigenvalue weighted by molar-refractivity contribution is 8.13. The molecule has 0 aromatic carbocycles. The van der Waals surface area contributed by atoms with Gasteiger partial charge in [0, 0.05) is 24.7 Å². The predicted molar refractivity (Wildman–Crippen MR) is 66.1 cm³/mol. The lowest BCUT2D eigenvalue weighted by molar-refractivity contribution is -0.109. The van der Waals surface area contributed by atoms with E-state index >= 15 is 0 Å². The molecule has 0 saturated carbocycles. The highest BCUT2D eigenvalue weighted by atomic mass is 32.2. The van der Waals surface area contributed by atoms with Crippen LogP contribution in [0.25, 0.3) is 11.0 Å². The second-order valence-electron chi connectivity index (χ2n) is 3.18. The number of fused-ring (bicyclic) bond motifs is 1. The maximum absolute atomic E-state index is 10.7. The Balaban J connectivity index is 2.18. The lowest BCUT2D eigenvalue weighted by atomic mass is 10.2. The Hall–Kier alpha value is -1.73. The van der Waals surface area contributed by atoms with Crippen molar-refractivity contribution >= 4 is 27.9 Å². The molecule has 0 radical (unpaired) electrons. The molecule has 0 aliphatic carbocycles. The summed E-state index contributed by atoms with van der Waals surface area (Å²) in [4.78, 5) is 17.9. The van der Waals surface area contributed by atoms with Gasteiger partial charge in [-0.05, 0) is 12.1 Å². The number of hydrogen-bond acceptors (Lipinski definition) is 3. The molecule has 2 rings (SSSR count). The third-order valence-electron chi connectivity index (χ3n) is 2.02. The molecular weight excluding hydrogens is 220 g/mol. The number of nitrogens with one attached hydrogen (secondary N) is 1. The van der Waals surface area contributed by atoms with Crippen LogP contribution < -0.4 is 0 Å². The molecule has 0 fully saturated rings. The lowest BCUT2D eigenvalue weighted by Crippen LogP contribution is -1.82. The number of aromatic amines is 1. The molecule has 3 nitrogen and oxygen atoms in total. The van der Waals surface area contributed by atoms with E-state index in [0.717, 1.165) is 16.6 Å². The standard InChI is InChI=1S/C12H10N2OS/c1-9(15)16-7-3-4-10-8-14-12-11(10)5-2-6-13-12/h2,5-6,8H,7H2,1H3,(H,13,14). The normalized spacial score (nSPS) is 9.81. The zero-order valence-corrected chi connectivity index (χ0v) is 9.60. The first-order valence-corrected chi connectivity index (χ1v) is 5.80. The Bertz CT molecular complexity index is 577. The van der Waals surface area contributed by atoms with E-state index in [1.165, 1.54) is 11.8 Å². The highest BCUT2D eigenvalue weighted by Crippen LogP contribution is 2.14. The van der Waals surface area contributed by atoms with Crippen LogP contribution >= 0.6 is 11.8 Å². The fraction of sp³-hybridized carbons (Fsp3) is 0.167. The smallest absolute Gasteiger partial charge is 0.186 e. The van der Waals surface area contributed by atoms with Gasteiger partial charge in [0.05, 0.1) is 11.3 Å².